The van der Waals surface area contributed by atoms with Gasteiger partial charge in [-0.05, 0) is 13.0 Å². The summed E-state index contributed by atoms with van der Waals surface area (Å²) in [7, 11) is 0. The van der Waals surface area contributed by atoms with Crippen molar-refractivity contribution in [2.75, 3.05) is 0 Å². The van der Waals surface area contributed by atoms with Gasteiger partial charge in [0.1, 0.15) is 5.02 Å². The molecule has 0 fully saturated rings. The van der Waals surface area contributed by atoms with Gasteiger partial charge in [0, 0.05) is 5.69 Å². The Hall–Kier alpha value is -0.290. The first-order valence-electron chi connectivity index (χ1n) is 3.62. The molecule has 4 nitrogen and oxygen atoms in total. The average Bonchev–Trinajstić information content (AvgIpc) is 1.99. The molecule has 0 unspecified atom stereocenters. The molecule has 0 radical (unpaired) electrons. The molecule has 1 aromatic rings. The molecule has 0 aliphatic heterocycles. The van der Waals surface area contributed by atoms with Crippen LogP contribution in [0.5, 0.6) is 0 Å². The van der Waals surface area contributed by atoms with E-state index in [0.717, 1.165) is 0 Å². The summed E-state index contributed by atoms with van der Waals surface area (Å²) in [4.78, 5) is 13.8. The van der Waals surface area contributed by atoms with E-state index in [-0.39, 0.29) is 10.7 Å². The second kappa shape index (κ2) is 4.29. The van der Waals surface area contributed by atoms with E-state index in [4.69, 9.17) is 46.4 Å². The van der Waals surface area contributed by atoms with E-state index in [1.54, 1.807) is 6.92 Å². The van der Waals surface area contributed by atoms with E-state index >= 15 is 0 Å². The van der Waals surface area contributed by atoms with Crippen molar-refractivity contribution in [1.82, 2.24) is 4.98 Å². The largest absolute Gasteiger partial charge is 0.313 e. The van der Waals surface area contributed by atoms with Crippen LogP contribution < -0.4 is 0 Å². The minimum Gasteiger partial charge on any atom is -0.258 e. The van der Waals surface area contributed by atoms with Crippen LogP contribution in [-0.2, 0) is 3.79 Å². The first-order chi connectivity index (χ1) is 6.73. The molecule has 1 aromatic heterocycles. The second-order valence-corrected chi connectivity index (χ2v) is 5.39. The lowest BCUT2D eigenvalue weighted by Gasteiger charge is -2.11. The van der Waals surface area contributed by atoms with Gasteiger partial charge < -0.3 is 0 Å². The summed E-state index contributed by atoms with van der Waals surface area (Å²) in [6, 6.07) is 1.33. The summed E-state index contributed by atoms with van der Waals surface area (Å²) in [6.45, 7) is 1.59. The number of hydrogen-bond donors (Lipinski definition) is 0. The first-order valence-corrected chi connectivity index (χ1v) is 5.13. The summed E-state index contributed by atoms with van der Waals surface area (Å²) in [5.41, 5.74) is -0.323. The van der Waals surface area contributed by atoms with Crippen LogP contribution in [0.1, 0.15) is 11.4 Å². The van der Waals surface area contributed by atoms with Crippen LogP contribution in [0.2, 0.25) is 5.02 Å². The minimum absolute atomic E-state index is 0.103. The lowest BCUT2D eigenvalue weighted by molar-refractivity contribution is -0.385. The Morgan fingerprint density at radius 1 is 1.47 bits per heavy atom. The van der Waals surface area contributed by atoms with Crippen molar-refractivity contribution >= 4 is 52.1 Å². The van der Waals surface area contributed by atoms with Crippen LogP contribution in [-0.4, -0.2) is 9.91 Å². The molecule has 0 bridgehead atoms. The fourth-order valence-electron chi connectivity index (χ4n) is 0.998. The lowest BCUT2D eigenvalue weighted by atomic mass is 10.3. The maximum absolute atomic E-state index is 10.7. The Kier molecular flexibility index (Phi) is 3.66. The van der Waals surface area contributed by atoms with Crippen LogP contribution in [0.15, 0.2) is 6.07 Å². The van der Waals surface area contributed by atoms with Crippen molar-refractivity contribution in [3.8, 4) is 0 Å². The monoisotopic (exact) mass is 288 g/mol. The average molecular weight is 290 g/mol. The molecule has 0 saturated carbocycles. The number of halogens is 4. The Morgan fingerprint density at radius 3 is 2.40 bits per heavy atom. The molecule has 0 atom stereocenters. The number of nitrogens with zero attached hydrogens (tertiary/aromatic N) is 2. The highest BCUT2D eigenvalue weighted by atomic mass is 35.6. The summed E-state index contributed by atoms with van der Waals surface area (Å²) in [5, 5.41) is 10.6. The molecule has 0 aromatic carbocycles. The Balaban J connectivity index is 3.54. The Morgan fingerprint density at radius 2 is 2.00 bits per heavy atom. The van der Waals surface area contributed by atoms with Crippen molar-refractivity contribution in [3.63, 3.8) is 0 Å². The van der Waals surface area contributed by atoms with Crippen molar-refractivity contribution in [3.05, 3.63) is 32.6 Å². The van der Waals surface area contributed by atoms with Gasteiger partial charge in [0.2, 0.25) is 3.79 Å². The molecular weight excluding hydrogens is 286 g/mol. The first kappa shape index (κ1) is 12.8. The topological polar surface area (TPSA) is 56.0 Å². The van der Waals surface area contributed by atoms with E-state index in [9.17, 15) is 10.1 Å². The highest BCUT2D eigenvalue weighted by Crippen LogP contribution is 2.44. The fourth-order valence-corrected chi connectivity index (χ4v) is 1.71. The van der Waals surface area contributed by atoms with Crippen LogP contribution in [0.4, 0.5) is 5.69 Å². The summed E-state index contributed by atoms with van der Waals surface area (Å²) < 4.78 is -1.97. The Labute approximate surface area is 105 Å². The fraction of sp³-hybridized carbons (Fsp3) is 0.286. The number of aromatic nitrogens is 1. The smallest absolute Gasteiger partial charge is 0.258 e. The zero-order valence-electron chi connectivity index (χ0n) is 7.30. The van der Waals surface area contributed by atoms with E-state index in [1.807, 2.05) is 0 Å². The molecule has 0 spiro atoms. The number of pyridine rings is 1. The normalized spacial score (nSPS) is 11.5. The van der Waals surface area contributed by atoms with Crippen molar-refractivity contribution < 1.29 is 4.92 Å². The lowest BCUT2D eigenvalue weighted by Crippen LogP contribution is -2.09. The van der Waals surface area contributed by atoms with Gasteiger partial charge in [0.25, 0.3) is 0 Å². The molecule has 8 heteroatoms. The zero-order valence-corrected chi connectivity index (χ0v) is 10.3. The molecule has 0 amide bonds. The van der Waals surface area contributed by atoms with Crippen LogP contribution in [0, 0.1) is 17.0 Å². The molecule has 15 heavy (non-hydrogen) atoms. The van der Waals surface area contributed by atoms with E-state index in [0.29, 0.717) is 5.69 Å². The number of alkyl halides is 3. The van der Waals surface area contributed by atoms with Gasteiger partial charge >= 0.3 is 5.69 Å². The number of aryl methyl sites for hydroxylation is 1. The third-order valence-electron chi connectivity index (χ3n) is 1.53. The SMILES string of the molecule is Cc1cc(Cl)c([N+](=O)[O-])c(C(Cl)(Cl)Cl)n1. The van der Waals surface area contributed by atoms with Gasteiger partial charge in [-0.2, -0.15) is 0 Å². The Bertz CT molecular complexity index is 416. The highest BCUT2D eigenvalue weighted by Gasteiger charge is 2.35. The molecule has 0 saturated heterocycles. The predicted octanol–water partition coefficient (Wildman–Crippen LogP) is 3.78. The summed E-state index contributed by atoms with van der Waals surface area (Å²) in [6.07, 6.45) is 0. The molecule has 82 valence electrons. The quantitative estimate of drug-likeness (QED) is 0.449. The van der Waals surface area contributed by atoms with E-state index < -0.39 is 14.4 Å². The molecule has 1 rings (SSSR count). The van der Waals surface area contributed by atoms with Gasteiger partial charge in [-0.1, -0.05) is 46.4 Å². The number of rotatable bonds is 1. The van der Waals surface area contributed by atoms with Gasteiger partial charge in [0.05, 0.1) is 4.92 Å². The van der Waals surface area contributed by atoms with Crippen molar-refractivity contribution in [2.24, 2.45) is 0 Å². The molecular formula is C7H4Cl4N2O2. The van der Waals surface area contributed by atoms with Gasteiger partial charge in [0.15, 0.2) is 5.69 Å². The zero-order chi connectivity index (χ0) is 11.8. The molecule has 0 aliphatic carbocycles. The van der Waals surface area contributed by atoms with E-state index in [1.165, 1.54) is 6.07 Å². The van der Waals surface area contributed by atoms with Crippen LogP contribution in [0.25, 0.3) is 0 Å². The predicted molar refractivity (Wildman–Crippen MR) is 59.9 cm³/mol. The summed E-state index contributed by atoms with van der Waals surface area (Å²) >= 11 is 22.3. The van der Waals surface area contributed by atoms with E-state index in [2.05, 4.69) is 4.98 Å². The van der Waals surface area contributed by atoms with Gasteiger partial charge in [-0.15, -0.1) is 0 Å². The van der Waals surface area contributed by atoms with Crippen LogP contribution >= 0.6 is 46.4 Å². The maximum Gasteiger partial charge on any atom is 0.313 e. The van der Waals surface area contributed by atoms with Crippen molar-refractivity contribution in [2.45, 2.75) is 10.7 Å². The standard InChI is InChI=1S/C7H4Cl4N2O2/c1-3-2-4(8)5(13(14)15)6(12-3)7(9,10)11/h2H,1H3. The summed E-state index contributed by atoms with van der Waals surface area (Å²) in [5.74, 6) is 0. The second-order valence-electron chi connectivity index (χ2n) is 2.70. The van der Waals surface area contributed by atoms with Gasteiger partial charge in [-0.3, -0.25) is 10.1 Å². The number of hydrogen-bond acceptors (Lipinski definition) is 3. The molecule has 1 heterocycles. The number of nitro groups is 1. The highest BCUT2D eigenvalue weighted by molar-refractivity contribution is 6.66. The van der Waals surface area contributed by atoms with Crippen molar-refractivity contribution in [1.29, 1.82) is 0 Å². The third-order valence-corrected chi connectivity index (χ3v) is 2.35. The maximum atomic E-state index is 10.7. The van der Waals surface area contributed by atoms with Gasteiger partial charge in [-0.25, -0.2) is 4.98 Å². The van der Waals surface area contributed by atoms with Crippen LogP contribution in [0.3, 0.4) is 0 Å². The molecule has 0 N–H and O–H groups in total. The molecule has 0 aliphatic rings. The minimum atomic E-state index is -1.97. The third kappa shape index (κ3) is 2.84.